The highest BCUT2D eigenvalue weighted by Gasteiger charge is 2.26. The molecule has 26 heavy (non-hydrogen) atoms. The monoisotopic (exact) mass is 440 g/mol. The van der Waals surface area contributed by atoms with Gasteiger partial charge in [-0.3, -0.25) is 14.3 Å². The number of amides is 2. The Morgan fingerprint density at radius 1 is 1.35 bits per heavy atom. The number of aromatic nitrogens is 2. The van der Waals surface area contributed by atoms with Crippen molar-refractivity contribution in [1.29, 1.82) is 0 Å². The predicted molar refractivity (Wildman–Crippen MR) is 102 cm³/mol. The first-order chi connectivity index (χ1) is 12.4. The molecule has 0 bridgehead atoms. The first-order valence-electron chi connectivity index (χ1n) is 8.07. The molecule has 1 saturated heterocycles. The maximum atomic E-state index is 12.9. The molecular formula is C17H18BrClN4O3. The summed E-state index contributed by atoms with van der Waals surface area (Å²) in [6.45, 7) is 2.93. The minimum Gasteiger partial charge on any atom is -0.379 e. The molecule has 1 aliphatic rings. The molecule has 2 heterocycles. The van der Waals surface area contributed by atoms with Gasteiger partial charge < -0.3 is 15.4 Å². The molecule has 1 unspecified atom stereocenters. The van der Waals surface area contributed by atoms with Crippen molar-refractivity contribution >= 4 is 45.0 Å². The molecule has 0 aliphatic carbocycles. The second-order valence-electron chi connectivity index (χ2n) is 5.99. The van der Waals surface area contributed by atoms with Crippen LogP contribution in [0.5, 0.6) is 0 Å². The van der Waals surface area contributed by atoms with Gasteiger partial charge in [0.1, 0.15) is 10.3 Å². The van der Waals surface area contributed by atoms with Gasteiger partial charge in [-0.05, 0) is 47.0 Å². The average Bonchev–Trinajstić information content (AvgIpc) is 3.25. The van der Waals surface area contributed by atoms with Crippen molar-refractivity contribution in [2.24, 2.45) is 0 Å². The summed E-state index contributed by atoms with van der Waals surface area (Å²) in [5.41, 5.74) is 1.81. The molecule has 1 fully saturated rings. The number of anilines is 1. The number of aryl methyl sites for hydroxylation is 1. The van der Waals surface area contributed by atoms with E-state index in [1.54, 1.807) is 23.7 Å². The summed E-state index contributed by atoms with van der Waals surface area (Å²) >= 11 is 9.39. The van der Waals surface area contributed by atoms with Gasteiger partial charge in [0.05, 0.1) is 23.9 Å². The lowest BCUT2D eigenvalue weighted by atomic mass is 10.1. The molecule has 0 radical (unpaired) electrons. The SMILES string of the molecule is CNC(=O)c1cc(Cl)cc(C)c1NC(=O)c1cc(Br)nn1C1CCOC1. The lowest BCUT2D eigenvalue weighted by molar-refractivity contribution is 0.0964. The molecule has 7 nitrogen and oxygen atoms in total. The van der Waals surface area contributed by atoms with E-state index in [-0.39, 0.29) is 17.9 Å². The van der Waals surface area contributed by atoms with Crippen LogP contribution in [0.1, 0.15) is 38.9 Å². The van der Waals surface area contributed by atoms with Gasteiger partial charge in [-0.25, -0.2) is 0 Å². The van der Waals surface area contributed by atoms with Crippen LogP contribution in [0.2, 0.25) is 5.02 Å². The van der Waals surface area contributed by atoms with Crippen molar-refractivity contribution in [3.8, 4) is 0 Å². The molecule has 1 aromatic carbocycles. The van der Waals surface area contributed by atoms with Crippen LogP contribution < -0.4 is 10.6 Å². The van der Waals surface area contributed by atoms with Crippen molar-refractivity contribution in [3.05, 3.63) is 44.6 Å². The number of ether oxygens (including phenoxy) is 1. The molecule has 1 atom stereocenters. The quantitative estimate of drug-likeness (QED) is 0.763. The Kier molecular flexibility index (Phi) is 5.64. The van der Waals surface area contributed by atoms with Crippen molar-refractivity contribution in [3.63, 3.8) is 0 Å². The number of hydrogen-bond acceptors (Lipinski definition) is 4. The van der Waals surface area contributed by atoms with Crippen molar-refractivity contribution < 1.29 is 14.3 Å². The Hall–Kier alpha value is -1.90. The van der Waals surface area contributed by atoms with Crippen LogP contribution in [-0.4, -0.2) is 41.9 Å². The molecule has 2 aromatic rings. The van der Waals surface area contributed by atoms with E-state index in [0.29, 0.717) is 45.3 Å². The van der Waals surface area contributed by atoms with Gasteiger partial charge in [0.25, 0.3) is 11.8 Å². The van der Waals surface area contributed by atoms with E-state index >= 15 is 0 Å². The van der Waals surface area contributed by atoms with E-state index in [1.807, 2.05) is 0 Å². The van der Waals surface area contributed by atoms with Crippen LogP contribution in [-0.2, 0) is 4.74 Å². The molecule has 138 valence electrons. The van der Waals surface area contributed by atoms with Gasteiger partial charge in [-0.2, -0.15) is 5.10 Å². The fraction of sp³-hybridized carbons (Fsp3) is 0.353. The van der Waals surface area contributed by atoms with Gasteiger partial charge >= 0.3 is 0 Å². The van der Waals surface area contributed by atoms with Crippen molar-refractivity contribution in [2.45, 2.75) is 19.4 Å². The van der Waals surface area contributed by atoms with Gasteiger partial charge in [-0.15, -0.1) is 0 Å². The fourth-order valence-corrected chi connectivity index (χ4v) is 3.59. The molecule has 0 spiro atoms. The summed E-state index contributed by atoms with van der Waals surface area (Å²) in [5, 5.41) is 10.2. The highest BCUT2D eigenvalue weighted by atomic mass is 79.9. The average molecular weight is 442 g/mol. The normalized spacial score (nSPS) is 16.5. The van der Waals surface area contributed by atoms with E-state index in [4.69, 9.17) is 16.3 Å². The number of hydrogen-bond donors (Lipinski definition) is 2. The Bertz CT molecular complexity index is 862. The number of nitrogens with one attached hydrogen (secondary N) is 2. The largest absolute Gasteiger partial charge is 0.379 e. The highest BCUT2D eigenvalue weighted by molar-refractivity contribution is 9.10. The third kappa shape index (κ3) is 3.77. The third-order valence-corrected chi connectivity index (χ3v) is 4.81. The Morgan fingerprint density at radius 2 is 2.12 bits per heavy atom. The maximum absolute atomic E-state index is 12.9. The molecule has 2 amide bonds. The van der Waals surface area contributed by atoms with Crippen LogP contribution in [0.4, 0.5) is 5.69 Å². The lowest BCUT2D eigenvalue weighted by Crippen LogP contribution is -2.25. The molecule has 9 heteroatoms. The van der Waals surface area contributed by atoms with Crippen LogP contribution in [0.15, 0.2) is 22.8 Å². The van der Waals surface area contributed by atoms with Crippen LogP contribution in [0.3, 0.4) is 0 Å². The van der Waals surface area contributed by atoms with E-state index in [9.17, 15) is 9.59 Å². The van der Waals surface area contributed by atoms with E-state index in [2.05, 4.69) is 31.7 Å². The summed E-state index contributed by atoms with van der Waals surface area (Å²) in [6.07, 6.45) is 0.790. The second kappa shape index (κ2) is 7.77. The Morgan fingerprint density at radius 3 is 2.77 bits per heavy atom. The molecular weight excluding hydrogens is 424 g/mol. The standard InChI is InChI=1S/C17H18BrClN4O3/c1-9-5-10(19)6-12(16(24)20-2)15(9)21-17(25)13-7-14(18)22-23(13)11-3-4-26-8-11/h5-7,11H,3-4,8H2,1-2H3,(H,20,24)(H,21,25). The maximum Gasteiger partial charge on any atom is 0.274 e. The zero-order chi connectivity index (χ0) is 18.8. The number of nitrogens with zero attached hydrogens (tertiary/aromatic N) is 2. The molecule has 1 aromatic heterocycles. The molecule has 3 rings (SSSR count). The van der Waals surface area contributed by atoms with Crippen LogP contribution >= 0.6 is 27.5 Å². The smallest absolute Gasteiger partial charge is 0.274 e. The zero-order valence-corrected chi connectivity index (χ0v) is 16.6. The summed E-state index contributed by atoms with van der Waals surface area (Å²) in [5.74, 6) is -0.685. The van der Waals surface area contributed by atoms with E-state index < -0.39 is 0 Å². The van der Waals surface area contributed by atoms with E-state index in [0.717, 1.165) is 6.42 Å². The topological polar surface area (TPSA) is 85.3 Å². The first-order valence-corrected chi connectivity index (χ1v) is 9.24. The summed E-state index contributed by atoms with van der Waals surface area (Å²) in [6, 6.07) is 4.88. The predicted octanol–water partition coefficient (Wildman–Crippen LogP) is 3.18. The minimum absolute atomic E-state index is 0.00627. The first kappa shape index (κ1) is 18.9. The summed E-state index contributed by atoms with van der Waals surface area (Å²) < 4.78 is 7.62. The molecule has 2 N–H and O–H groups in total. The third-order valence-electron chi connectivity index (χ3n) is 4.20. The van der Waals surface area contributed by atoms with E-state index in [1.165, 1.54) is 13.1 Å². The number of carbonyl (C=O) groups excluding carboxylic acids is 2. The summed E-state index contributed by atoms with van der Waals surface area (Å²) in [7, 11) is 1.52. The highest BCUT2D eigenvalue weighted by Crippen LogP contribution is 2.28. The molecule has 1 aliphatic heterocycles. The van der Waals surface area contributed by atoms with Gasteiger partial charge in [0.2, 0.25) is 0 Å². The van der Waals surface area contributed by atoms with Gasteiger partial charge in [0, 0.05) is 24.7 Å². The number of halogens is 2. The number of carbonyl (C=O) groups is 2. The van der Waals surface area contributed by atoms with Gasteiger partial charge in [-0.1, -0.05) is 11.6 Å². The number of rotatable bonds is 4. The Balaban J connectivity index is 1.95. The second-order valence-corrected chi connectivity index (χ2v) is 7.24. The van der Waals surface area contributed by atoms with Crippen molar-refractivity contribution in [2.75, 3.05) is 25.6 Å². The molecule has 0 saturated carbocycles. The minimum atomic E-state index is -0.356. The fourth-order valence-electron chi connectivity index (χ4n) is 2.93. The zero-order valence-electron chi connectivity index (χ0n) is 14.3. The summed E-state index contributed by atoms with van der Waals surface area (Å²) in [4.78, 5) is 25.1. The van der Waals surface area contributed by atoms with Crippen LogP contribution in [0.25, 0.3) is 0 Å². The lowest BCUT2D eigenvalue weighted by Gasteiger charge is -2.16. The Labute approximate surface area is 164 Å². The van der Waals surface area contributed by atoms with Gasteiger partial charge in [0.15, 0.2) is 0 Å². The number of benzene rings is 1. The van der Waals surface area contributed by atoms with Crippen molar-refractivity contribution in [1.82, 2.24) is 15.1 Å². The van der Waals surface area contributed by atoms with Crippen LogP contribution in [0, 0.1) is 6.92 Å².